The number of aryl methyl sites for hydroxylation is 1. The molecule has 1 amide bonds. The summed E-state index contributed by atoms with van der Waals surface area (Å²) in [6.07, 6.45) is 1.71. The van der Waals surface area contributed by atoms with Crippen LogP contribution in [-0.4, -0.2) is 49.5 Å². The minimum Gasteiger partial charge on any atom is -0.380 e. The maximum absolute atomic E-state index is 13.0. The van der Waals surface area contributed by atoms with E-state index >= 15 is 0 Å². The molecule has 0 spiro atoms. The Morgan fingerprint density at radius 3 is 2.49 bits per heavy atom. The molecule has 10 heteroatoms. The predicted octanol–water partition coefficient (Wildman–Crippen LogP) is 5.25. The van der Waals surface area contributed by atoms with Gasteiger partial charge in [0.05, 0.1) is 21.7 Å². The number of ether oxygens (including phenoxy) is 1. The van der Waals surface area contributed by atoms with E-state index in [9.17, 15) is 13.2 Å². The third-order valence-corrected chi connectivity index (χ3v) is 9.18. The Hall–Kier alpha value is -2.04. The molecule has 35 heavy (non-hydrogen) atoms. The van der Waals surface area contributed by atoms with Gasteiger partial charge in [-0.05, 0) is 62.2 Å². The van der Waals surface area contributed by atoms with Crippen molar-refractivity contribution in [2.24, 2.45) is 4.99 Å². The Bertz CT molecular complexity index is 1350. The van der Waals surface area contributed by atoms with Crippen molar-refractivity contribution in [3.63, 3.8) is 0 Å². The van der Waals surface area contributed by atoms with E-state index in [1.54, 1.807) is 0 Å². The zero-order valence-corrected chi connectivity index (χ0v) is 23.0. The molecular weight excluding hydrogens is 506 g/mol. The number of nitrogens with zero attached hydrogens (tertiary/aromatic N) is 3. The van der Waals surface area contributed by atoms with Crippen molar-refractivity contribution in [2.75, 3.05) is 26.3 Å². The summed E-state index contributed by atoms with van der Waals surface area (Å²) in [6, 6.07) is 9.76. The van der Waals surface area contributed by atoms with Crippen molar-refractivity contribution in [2.45, 2.75) is 52.0 Å². The Kier molecular flexibility index (Phi) is 9.66. The summed E-state index contributed by atoms with van der Waals surface area (Å²) in [5.74, 6) is -0.437. The van der Waals surface area contributed by atoms with Crippen LogP contribution in [0.3, 0.4) is 0 Å². The van der Waals surface area contributed by atoms with Crippen LogP contribution < -0.4 is 4.80 Å². The van der Waals surface area contributed by atoms with Crippen molar-refractivity contribution in [3.8, 4) is 0 Å². The smallest absolute Gasteiger partial charge is 0.279 e. The van der Waals surface area contributed by atoms with Gasteiger partial charge in [-0.2, -0.15) is 9.30 Å². The molecule has 3 aromatic rings. The predicted molar refractivity (Wildman–Crippen MR) is 142 cm³/mol. The monoisotopic (exact) mass is 537 g/mol. The second-order valence-corrected chi connectivity index (χ2v) is 11.4. The third kappa shape index (κ3) is 6.21. The van der Waals surface area contributed by atoms with Gasteiger partial charge >= 0.3 is 0 Å². The minimum absolute atomic E-state index is 0.172. The van der Waals surface area contributed by atoms with Crippen molar-refractivity contribution < 1.29 is 17.9 Å². The van der Waals surface area contributed by atoms with Crippen LogP contribution in [0.5, 0.6) is 0 Å². The summed E-state index contributed by atoms with van der Waals surface area (Å²) in [4.78, 5) is 18.1. The third-order valence-electron chi connectivity index (χ3n) is 5.74. The number of carbonyl (C=O) groups excluding carboxylic acids is 1. The highest BCUT2D eigenvalue weighted by molar-refractivity contribution is 7.89. The summed E-state index contributed by atoms with van der Waals surface area (Å²) in [5.41, 5.74) is 2.18. The first-order chi connectivity index (χ1) is 16.7. The Labute approximate surface area is 216 Å². The van der Waals surface area contributed by atoms with Crippen molar-refractivity contribution in [1.29, 1.82) is 0 Å². The Balaban J connectivity index is 1.96. The summed E-state index contributed by atoms with van der Waals surface area (Å²) >= 11 is 7.76. The molecular formula is C25H32ClN3O4S2. The van der Waals surface area contributed by atoms with Gasteiger partial charge in [0.25, 0.3) is 5.91 Å². The van der Waals surface area contributed by atoms with Gasteiger partial charge in [0, 0.05) is 36.8 Å². The standard InChI is InChI=1S/C25H32ClN3O4S2/c1-5-8-15-28(6-2)35(31,32)20-11-9-19(10-12-20)24(30)27-25-29(16-17-33-7-3)23-18(4)21(26)13-14-22(23)34-25/h9-14H,5-8,15-17H2,1-4H3. The van der Waals surface area contributed by atoms with Crippen LogP contribution in [0, 0.1) is 6.92 Å². The van der Waals surface area contributed by atoms with Crippen LogP contribution in [-0.2, 0) is 21.3 Å². The lowest BCUT2D eigenvalue weighted by atomic mass is 10.2. The lowest BCUT2D eigenvalue weighted by molar-refractivity contribution is 0.0996. The van der Waals surface area contributed by atoms with Crippen LogP contribution in [0.25, 0.3) is 10.2 Å². The molecule has 7 nitrogen and oxygen atoms in total. The molecule has 0 aliphatic carbocycles. The van der Waals surface area contributed by atoms with E-state index in [0.717, 1.165) is 28.6 Å². The fourth-order valence-corrected chi connectivity index (χ4v) is 6.52. The van der Waals surface area contributed by atoms with Crippen molar-refractivity contribution >= 4 is 49.1 Å². The molecule has 0 aliphatic rings. The van der Waals surface area contributed by atoms with Crippen molar-refractivity contribution in [3.05, 3.63) is 57.3 Å². The average molecular weight is 538 g/mol. The molecule has 0 saturated heterocycles. The molecule has 0 radical (unpaired) electrons. The normalized spacial score (nSPS) is 12.7. The number of hydrogen-bond donors (Lipinski definition) is 0. The van der Waals surface area contributed by atoms with Gasteiger partial charge in [-0.3, -0.25) is 4.79 Å². The number of sulfonamides is 1. The zero-order chi connectivity index (χ0) is 25.6. The van der Waals surface area contributed by atoms with Gasteiger partial charge in [0.2, 0.25) is 10.0 Å². The zero-order valence-electron chi connectivity index (χ0n) is 20.6. The molecule has 0 bridgehead atoms. The van der Waals surface area contributed by atoms with E-state index in [1.807, 2.05) is 44.4 Å². The number of halogens is 1. The van der Waals surface area contributed by atoms with E-state index < -0.39 is 15.9 Å². The number of carbonyl (C=O) groups is 1. The first kappa shape index (κ1) is 27.5. The highest BCUT2D eigenvalue weighted by atomic mass is 35.5. The van der Waals surface area contributed by atoms with Crippen molar-refractivity contribution in [1.82, 2.24) is 8.87 Å². The molecule has 190 valence electrons. The van der Waals surface area contributed by atoms with Crippen LogP contribution in [0.15, 0.2) is 46.3 Å². The Morgan fingerprint density at radius 2 is 1.86 bits per heavy atom. The van der Waals surface area contributed by atoms with Crippen LogP contribution in [0.1, 0.15) is 49.5 Å². The molecule has 2 aromatic carbocycles. The number of hydrogen-bond acceptors (Lipinski definition) is 5. The molecule has 0 unspecified atom stereocenters. The average Bonchev–Trinajstić information content (AvgIpc) is 3.19. The number of unbranched alkanes of at least 4 members (excludes halogenated alkanes) is 1. The van der Waals surface area contributed by atoms with E-state index in [0.29, 0.717) is 48.2 Å². The second-order valence-electron chi connectivity index (χ2n) is 8.04. The van der Waals surface area contributed by atoms with Crippen LogP contribution in [0.2, 0.25) is 5.02 Å². The van der Waals surface area contributed by atoms with Gasteiger partial charge in [0.15, 0.2) is 4.80 Å². The summed E-state index contributed by atoms with van der Waals surface area (Å²) in [6.45, 7) is 10.2. The number of thiazole rings is 1. The maximum atomic E-state index is 13.0. The summed E-state index contributed by atoms with van der Waals surface area (Å²) in [7, 11) is -3.61. The lowest BCUT2D eigenvalue weighted by Crippen LogP contribution is -2.31. The molecule has 0 saturated carbocycles. The Morgan fingerprint density at radius 1 is 1.14 bits per heavy atom. The van der Waals surface area contributed by atoms with E-state index in [4.69, 9.17) is 16.3 Å². The fraction of sp³-hybridized carbons (Fsp3) is 0.440. The second kappa shape index (κ2) is 12.3. The van der Waals surface area contributed by atoms with Gasteiger partial charge in [-0.1, -0.05) is 43.2 Å². The molecule has 0 aliphatic heterocycles. The maximum Gasteiger partial charge on any atom is 0.279 e. The molecule has 3 rings (SSSR count). The van der Waals surface area contributed by atoms with Gasteiger partial charge in [-0.25, -0.2) is 8.42 Å². The highest BCUT2D eigenvalue weighted by Crippen LogP contribution is 2.27. The van der Waals surface area contributed by atoms with Gasteiger partial charge in [0.1, 0.15) is 0 Å². The summed E-state index contributed by atoms with van der Waals surface area (Å²) in [5, 5.41) is 0.648. The molecule has 0 fully saturated rings. The van der Waals surface area contributed by atoms with E-state index in [-0.39, 0.29) is 4.90 Å². The molecule has 1 aromatic heterocycles. The topological polar surface area (TPSA) is 81.0 Å². The highest BCUT2D eigenvalue weighted by Gasteiger charge is 2.23. The molecule has 1 heterocycles. The van der Waals surface area contributed by atoms with Crippen LogP contribution in [0.4, 0.5) is 0 Å². The number of rotatable bonds is 11. The van der Waals surface area contributed by atoms with Gasteiger partial charge in [-0.15, -0.1) is 0 Å². The fourth-order valence-electron chi connectivity index (χ4n) is 3.76. The summed E-state index contributed by atoms with van der Waals surface area (Å²) < 4.78 is 35.9. The lowest BCUT2D eigenvalue weighted by Gasteiger charge is -2.20. The SMILES string of the molecule is CCCCN(CC)S(=O)(=O)c1ccc(C(=O)N=c2sc3ccc(Cl)c(C)c3n2CCOCC)cc1. The number of fused-ring (bicyclic) bond motifs is 1. The van der Waals surface area contributed by atoms with Crippen LogP contribution >= 0.6 is 22.9 Å². The molecule has 0 atom stereocenters. The first-order valence-electron chi connectivity index (χ1n) is 11.8. The minimum atomic E-state index is -3.61. The van der Waals surface area contributed by atoms with E-state index in [2.05, 4.69) is 4.99 Å². The van der Waals surface area contributed by atoms with E-state index in [1.165, 1.54) is 39.9 Å². The number of benzene rings is 2. The number of amides is 1. The molecule has 0 N–H and O–H groups in total. The quantitative estimate of drug-likeness (QED) is 0.313. The van der Waals surface area contributed by atoms with Gasteiger partial charge < -0.3 is 9.30 Å². The first-order valence-corrected chi connectivity index (χ1v) is 14.4. The largest absolute Gasteiger partial charge is 0.380 e. The number of aromatic nitrogens is 1.